The third kappa shape index (κ3) is 3.35. The van der Waals surface area contributed by atoms with E-state index in [0.717, 1.165) is 5.92 Å². The number of nitrogens with one attached hydrogen (secondary N) is 1. The van der Waals surface area contributed by atoms with Crippen LogP contribution in [-0.4, -0.2) is 37.1 Å². The highest BCUT2D eigenvalue weighted by Crippen LogP contribution is 2.34. The Morgan fingerprint density at radius 1 is 1.19 bits per heavy atom. The molecule has 0 bridgehead atoms. The molecule has 3 heteroatoms. The van der Waals surface area contributed by atoms with E-state index in [4.69, 9.17) is 0 Å². The monoisotopic (exact) mass is 246 g/mol. The molecule has 0 amide bonds. The lowest BCUT2D eigenvalue weighted by Gasteiger charge is -2.38. The molecule has 0 spiro atoms. The summed E-state index contributed by atoms with van der Waals surface area (Å²) >= 11 is 0. The molecule has 96 valence electrons. The zero-order valence-electron chi connectivity index (χ0n) is 10.8. The van der Waals surface area contributed by atoms with Crippen LogP contribution in [0.25, 0.3) is 0 Å². The number of nitrogens with zero attached hydrogens (tertiary/aromatic N) is 1. The van der Waals surface area contributed by atoms with Gasteiger partial charge in [0.15, 0.2) is 0 Å². The molecule has 2 fully saturated rings. The first-order valence-corrected chi connectivity index (χ1v) is 6.63. The van der Waals surface area contributed by atoms with E-state index in [9.17, 15) is 0 Å². The van der Waals surface area contributed by atoms with Crippen LogP contribution in [0.1, 0.15) is 45.4 Å². The summed E-state index contributed by atoms with van der Waals surface area (Å²) in [4.78, 5) is 2.65. The molecule has 2 rings (SSSR count). The molecule has 1 aliphatic heterocycles. The minimum Gasteiger partial charge on any atom is -0.317 e. The van der Waals surface area contributed by atoms with Gasteiger partial charge in [-0.2, -0.15) is 0 Å². The molecule has 1 aliphatic carbocycles. The first-order valence-electron chi connectivity index (χ1n) is 6.63. The SMILES string of the molecule is CN(CC1CCNCC1)C1(C)CCCC1.Cl. The topological polar surface area (TPSA) is 15.3 Å². The van der Waals surface area contributed by atoms with Gasteiger partial charge in [-0.1, -0.05) is 12.8 Å². The highest BCUT2D eigenvalue weighted by Gasteiger charge is 2.33. The highest BCUT2D eigenvalue weighted by molar-refractivity contribution is 5.85. The molecule has 1 saturated carbocycles. The zero-order valence-corrected chi connectivity index (χ0v) is 11.6. The van der Waals surface area contributed by atoms with Crippen molar-refractivity contribution < 1.29 is 0 Å². The minimum atomic E-state index is 0. The van der Waals surface area contributed by atoms with Crippen LogP contribution in [0, 0.1) is 5.92 Å². The van der Waals surface area contributed by atoms with Gasteiger partial charge in [0.05, 0.1) is 0 Å². The standard InChI is InChI=1S/C13H26N2.ClH/c1-13(7-3-4-8-13)15(2)11-12-5-9-14-10-6-12;/h12,14H,3-11H2,1-2H3;1H. The third-order valence-electron chi connectivity index (χ3n) is 4.59. The summed E-state index contributed by atoms with van der Waals surface area (Å²) in [5.41, 5.74) is 0.519. The molecule has 16 heavy (non-hydrogen) atoms. The summed E-state index contributed by atoms with van der Waals surface area (Å²) < 4.78 is 0. The Kier molecular flexibility index (Phi) is 5.55. The normalized spacial score (nSPS) is 25.7. The van der Waals surface area contributed by atoms with Gasteiger partial charge < -0.3 is 10.2 Å². The van der Waals surface area contributed by atoms with Crippen LogP contribution in [0.3, 0.4) is 0 Å². The van der Waals surface area contributed by atoms with E-state index in [1.807, 2.05) is 0 Å². The van der Waals surface area contributed by atoms with E-state index >= 15 is 0 Å². The Labute approximate surface area is 107 Å². The quantitative estimate of drug-likeness (QED) is 0.824. The van der Waals surface area contributed by atoms with E-state index in [0.29, 0.717) is 5.54 Å². The number of rotatable bonds is 3. The maximum absolute atomic E-state index is 3.45. The second-order valence-corrected chi connectivity index (χ2v) is 5.78. The smallest absolute Gasteiger partial charge is 0.0178 e. The highest BCUT2D eigenvalue weighted by atomic mass is 35.5. The molecule has 1 N–H and O–H groups in total. The van der Waals surface area contributed by atoms with Crippen LogP contribution in [0.5, 0.6) is 0 Å². The second-order valence-electron chi connectivity index (χ2n) is 5.78. The van der Waals surface area contributed by atoms with Crippen LogP contribution in [0.4, 0.5) is 0 Å². The molecule has 0 aromatic carbocycles. The van der Waals surface area contributed by atoms with Gasteiger partial charge in [0.25, 0.3) is 0 Å². The molecular weight excluding hydrogens is 220 g/mol. The molecule has 0 aromatic rings. The van der Waals surface area contributed by atoms with Gasteiger partial charge in [0.1, 0.15) is 0 Å². The first-order chi connectivity index (χ1) is 7.21. The second kappa shape index (κ2) is 6.23. The zero-order chi connectivity index (χ0) is 10.7. The Hall–Kier alpha value is 0.210. The summed E-state index contributed by atoms with van der Waals surface area (Å²) in [5, 5.41) is 3.45. The van der Waals surface area contributed by atoms with Crippen LogP contribution >= 0.6 is 12.4 Å². The predicted molar refractivity (Wildman–Crippen MR) is 72.3 cm³/mol. The van der Waals surface area contributed by atoms with Gasteiger partial charge in [0.2, 0.25) is 0 Å². The van der Waals surface area contributed by atoms with E-state index in [-0.39, 0.29) is 12.4 Å². The van der Waals surface area contributed by atoms with Crippen molar-refractivity contribution in [3.8, 4) is 0 Å². The van der Waals surface area contributed by atoms with Crippen LogP contribution in [0.2, 0.25) is 0 Å². The Balaban J connectivity index is 0.00000128. The average Bonchev–Trinajstić information content (AvgIpc) is 2.68. The molecule has 2 aliphatic rings. The van der Waals surface area contributed by atoms with Gasteiger partial charge in [-0.3, -0.25) is 0 Å². The molecule has 0 aromatic heterocycles. The van der Waals surface area contributed by atoms with Crippen LogP contribution in [0.15, 0.2) is 0 Å². The third-order valence-corrected chi connectivity index (χ3v) is 4.59. The molecule has 1 saturated heterocycles. The Morgan fingerprint density at radius 2 is 1.75 bits per heavy atom. The summed E-state index contributed by atoms with van der Waals surface area (Å²) in [6, 6.07) is 0. The Morgan fingerprint density at radius 3 is 2.31 bits per heavy atom. The van der Waals surface area contributed by atoms with Gasteiger partial charge in [0, 0.05) is 12.1 Å². The summed E-state index contributed by atoms with van der Waals surface area (Å²) in [5.74, 6) is 0.939. The van der Waals surface area contributed by atoms with Crippen molar-refractivity contribution in [2.75, 3.05) is 26.7 Å². The number of hydrogen-bond acceptors (Lipinski definition) is 2. The fraction of sp³-hybridized carbons (Fsp3) is 1.00. The summed E-state index contributed by atoms with van der Waals surface area (Å²) in [6.07, 6.45) is 8.45. The lowest BCUT2D eigenvalue weighted by atomic mass is 9.93. The fourth-order valence-electron chi connectivity index (χ4n) is 3.19. The van der Waals surface area contributed by atoms with E-state index in [1.165, 1.54) is 58.2 Å². The first kappa shape index (κ1) is 14.3. The van der Waals surface area contributed by atoms with Crippen molar-refractivity contribution in [2.45, 2.75) is 51.0 Å². The molecule has 1 heterocycles. The molecule has 0 atom stereocenters. The Bertz CT molecular complexity index is 196. The summed E-state index contributed by atoms with van der Waals surface area (Å²) in [7, 11) is 2.34. The van der Waals surface area contributed by atoms with E-state index in [1.54, 1.807) is 0 Å². The van der Waals surface area contributed by atoms with E-state index in [2.05, 4.69) is 24.2 Å². The lowest BCUT2D eigenvalue weighted by molar-refractivity contribution is 0.111. The van der Waals surface area contributed by atoms with Gasteiger partial charge in [-0.05, 0) is 58.7 Å². The number of halogens is 1. The maximum atomic E-state index is 3.45. The van der Waals surface area contributed by atoms with Gasteiger partial charge in [-0.15, -0.1) is 12.4 Å². The maximum Gasteiger partial charge on any atom is 0.0178 e. The van der Waals surface area contributed by atoms with Crippen molar-refractivity contribution in [1.82, 2.24) is 10.2 Å². The van der Waals surface area contributed by atoms with Gasteiger partial charge in [-0.25, -0.2) is 0 Å². The predicted octanol–water partition coefficient (Wildman–Crippen LogP) is 2.67. The van der Waals surface area contributed by atoms with Crippen molar-refractivity contribution in [1.29, 1.82) is 0 Å². The molecular formula is C13H27ClN2. The van der Waals surface area contributed by atoms with Crippen molar-refractivity contribution in [2.24, 2.45) is 5.92 Å². The largest absolute Gasteiger partial charge is 0.317 e. The van der Waals surface area contributed by atoms with E-state index < -0.39 is 0 Å². The van der Waals surface area contributed by atoms with Gasteiger partial charge >= 0.3 is 0 Å². The fourth-order valence-corrected chi connectivity index (χ4v) is 3.19. The number of piperidine rings is 1. The lowest BCUT2D eigenvalue weighted by Crippen LogP contribution is -2.45. The molecule has 0 radical (unpaired) electrons. The van der Waals surface area contributed by atoms with Crippen molar-refractivity contribution >= 4 is 12.4 Å². The van der Waals surface area contributed by atoms with Crippen molar-refractivity contribution in [3.63, 3.8) is 0 Å². The average molecular weight is 247 g/mol. The van der Waals surface area contributed by atoms with Crippen LogP contribution in [-0.2, 0) is 0 Å². The van der Waals surface area contributed by atoms with Crippen molar-refractivity contribution in [3.05, 3.63) is 0 Å². The molecule has 2 nitrogen and oxygen atoms in total. The number of hydrogen-bond donors (Lipinski definition) is 1. The molecule has 0 unspecified atom stereocenters. The minimum absolute atomic E-state index is 0. The van der Waals surface area contributed by atoms with Crippen LogP contribution < -0.4 is 5.32 Å². The summed E-state index contributed by atoms with van der Waals surface area (Å²) in [6.45, 7) is 6.24.